The molecule has 0 aromatic rings. The minimum Gasteiger partial charge on any atom is -0.394 e. The van der Waals surface area contributed by atoms with E-state index in [1.165, 1.54) is 32.1 Å². The molecular weight excluding hydrogens is 210 g/mol. The number of hydrogen-bond acceptors (Lipinski definition) is 2. The lowest BCUT2D eigenvalue weighted by Gasteiger charge is -2.40. The zero-order chi connectivity index (χ0) is 12.1. The third kappa shape index (κ3) is 3.56. The predicted molar refractivity (Wildman–Crippen MR) is 71.9 cm³/mol. The summed E-state index contributed by atoms with van der Waals surface area (Å²) in [5.41, 5.74) is 0.0266. The topological polar surface area (TPSA) is 32.3 Å². The fourth-order valence-electron chi connectivity index (χ4n) is 3.42. The highest BCUT2D eigenvalue weighted by atomic mass is 16.3. The van der Waals surface area contributed by atoms with Crippen molar-refractivity contribution in [2.24, 2.45) is 11.8 Å². The average Bonchev–Trinajstić information content (AvgIpc) is 2.38. The van der Waals surface area contributed by atoms with Crippen molar-refractivity contribution in [3.05, 3.63) is 12.2 Å². The molecular formula is C15H27NO. The largest absolute Gasteiger partial charge is 0.394 e. The smallest absolute Gasteiger partial charge is 0.0613 e. The van der Waals surface area contributed by atoms with Gasteiger partial charge in [-0.1, -0.05) is 31.9 Å². The lowest BCUT2D eigenvalue weighted by atomic mass is 9.76. The van der Waals surface area contributed by atoms with Crippen LogP contribution in [0.3, 0.4) is 0 Å². The van der Waals surface area contributed by atoms with Crippen molar-refractivity contribution in [3.63, 3.8) is 0 Å². The molecule has 2 aliphatic rings. The van der Waals surface area contributed by atoms with Crippen LogP contribution in [0.1, 0.15) is 51.9 Å². The molecule has 0 bridgehead atoms. The zero-order valence-corrected chi connectivity index (χ0v) is 11.1. The highest BCUT2D eigenvalue weighted by molar-refractivity contribution is 4.95. The number of hydrogen-bond donors (Lipinski definition) is 2. The van der Waals surface area contributed by atoms with Gasteiger partial charge in [0.15, 0.2) is 0 Å². The molecule has 2 heteroatoms. The zero-order valence-electron chi connectivity index (χ0n) is 11.1. The average molecular weight is 237 g/mol. The molecule has 2 nitrogen and oxygen atoms in total. The Morgan fingerprint density at radius 3 is 2.88 bits per heavy atom. The van der Waals surface area contributed by atoms with E-state index in [4.69, 9.17) is 0 Å². The van der Waals surface area contributed by atoms with Crippen molar-refractivity contribution in [1.29, 1.82) is 0 Å². The van der Waals surface area contributed by atoms with Crippen molar-refractivity contribution in [3.8, 4) is 0 Å². The third-order valence-corrected chi connectivity index (χ3v) is 4.54. The van der Waals surface area contributed by atoms with E-state index in [0.29, 0.717) is 6.61 Å². The molecule has 1 saturated carbocycles. The van der Waals surface area contributed by atoms with Crippen LogP contribution in [0.25, 0.3) is 0 Å². The van der Waals surface area contributed by atoms with Crippen LogP contribution in [0, 0.1) is 11.8 Å². The van der Waals surface area contributed by atoms with Gasteiger partial charge >= 0.3 is 0 Å². The summed E-state index contributed by atoms with van der Waals surface area (Å²) in [7, 11) is 0. The van der Waals surface area contributed by atoms with Crippen molar-refractivity contribution in [2.75, 3.05) is 13.2 Å². The second-order valence-corrected chi connectivity index (χ2v) is 6.17. The molecule has 3 atom stereocenters. The Balaban J connectivity index is 1.83. The number of aliphatic hydroxyl groups is 1. The summed E-state index contributed by atoms with van der Waals surface area (Å²) in [4.78, 5) is 0. The van der Waals surface area contributed by atoms with Gasteiger partial charge in [0.05, 0.1) is 6.61 Å². The summed E-state index contributed by atoms with van der Waals surface area (Å²) in [5, 5.41) is 13.4. The lowest BCUT2D eigenvalue weighted by molar-refractivity contribution is 0.0949. The minimum absolute atomic E-state index is 0.0266. The number of aliphatic hydroxyl groups excluding tert-OH is 1. The highest BCUT2D eigenvalue weighted by Crippen LogP contribution is 2.32. The highest BCUT2D eigenvalue weighted by Gasteiger charge is 2.34. The summed E-state index contributed by atoms with van der Waals surface area (Å²) in [6, 6.07) is 0. The van der Waals surface area contributed by atoms with E-state index in [9.17, 15) is 5.11 Å². The summed E-state index contributed by atoms with van der Waals surface area (Å²) < 4.78 is 0. The maximum atomic E-state index is 9.71. The van der Waals surface area contributed by atoms with Crippen LogP contribution >= 0.6 is 0 Å². The van der Waals surface area contributed by atoms with Gasteiger partial charge in [-0.05, 0) is 50.5 Å². The lowest BCUT2D eigenvalue weighted by Crippen LogP contribution is -2.52. The molecule has 3 unspecified atom stereocenters. The van der Waals surface area contributed by atoms with Gasteiger partial charge in [0.1, 0.15) is 0 Å². The summed E-state index contributed by atoms with van der Waals surface area (Å²) in [5.74, 6) is 1.54. The fourth-order valence-corrected chi connectivity index (χ4v) is 3.42. The second-order valence-electron chi connectivity index (χ2n) is 6.17. The van der Waals surface area contributed by atoms with E-state index < -0.39 is 0 Å². The third-order valence-electron chi connectivity index (χ3n) is 4.54. The first-order valence-corrected chi connectivity index (χ1v) is 7.25. The van der Waals surface area contributed by atoms with Crippen LogP contribution in [0.5, 0.6) is 0 Å². The van der Waals surface area contributed by atoms with Crippen molar-refractivity contribution < 1.29 is 5.11 Å². The Morgan fingerprint density at radius 2 is 2.24 bits per heavy atom. The molecule has 0 aromatic carbocycles. The second kappa shape index (κ2) is 6.01. The molecule has 0 amide bonds. The first-order chi connectivity index (χ1) is 8.24. The quantitative estimate of drug-likeness (QED) is 0.737. The van der Waals surface area contributed by atoms with Gasteiger partial charge in [0.25, 0.3) is 0 Å². The van der Waals surface area contributed by atoms with Crippen LogP contribution < -0.4 is 5.32 Å². The van der Waals surface area contributed by atoms with Crippen molar-refractivity contribution in [1.82, 2.24) is 5.32 Å². The molecule has 17 heavy (non-hydrogen) atoms. The van der Waals surface area contributed by atoms with Crippen molar-refractivity contribution >= 4 is 0 Å². The molecule has 0 radical (unpaired) electrons. The first kappa shape index (κ1) is 13.1. The molecule has 2 aliphatic carbocycles. The Bertz CT molecular complexity index is 264. The van der Waals surface area contributed by atoms with Gasteiger partial charge in [-0.15, -0.1) is 0 Å². The van der Waals surface area contributed by atoms with Crippen molar-refractivity contribution in [2.45, 2.75) is 57.4 Å². The van der Waals surface area contributed by atoms with Gasteiger partial charge < -0.3 is 10.4 Å². The van der Waals surface area contributed by atoms with Gasteiger partial charge in [-0.2, -0.15) is 0 Å². The molecule has 98 valence electrons. The molecule has 0 spiro atoms. The van der Waals surface area contributed by atoms with Gasteiger partial charge in [0, 0.05) is 5.54 Å². The minimum atomic E-state index is 0.0266. The molecule has 2 rings (SSSR count). The summed E-state index contributed by atoms with van der Waals surface area (Å²) >= 11 is 0. The number of allylic oxidation sites excluding steroid dienone is 2. The van der Waals surface area contributed by atoms with Crippen LogP contribution in [-0.4, -0.2) is 23.8 Å². The molecule has 0 aromatic heterocycles. The number of nitrogens with one attached hydrogen (secondary N) is 1. The standard InChI is InChI=1S/C15H27NO/c1-13-6-5-9-15(10-13,12-17)16-11-14-7-3-2-4-8-14/h2-3,13-14,16-17H,4-12H2,1H3. The van der Waals surface area contributed by atoms with Gasteiger partial charge in [-0.3, -0.25) is 0 Å². The molecule has 0 aliphatic heterocycles. The predicted octanol–water partition coefficient (Wildman–Crippen LogP) is 2.87. The Morgan fingerprint density at radius 1 is 1.35 bits per heavy atom. The van der Waals surface area contributed by atoms with E-state index in [1.807, 2.05) is 0 Å². The van der Waals surface area contributed by atoms with Crippen LogP contribution in [0.2, 0.25) is 0 Å². The normalized spacial score (nSPS) is 38.2. The van der Waals surface area contributed by atoms with E-state index in [1.54, 1.807) is 0 Å². The summed E-state index contributed by atoms with van der Waals surface area (Å²) in [6.07, 6.45) is 13.2. The first-order valence-electron chi connectivity index (χ1n) is 7.25. The number of rotatable bonds is 4. The monoisotopic (exact) mass is 237 g/mol. The van der Waals surface area contributed by atoms with Gasteiger partial charge in [0.2, 0.25) is 0 Å². The van der Waals surface area contributed by atoms with Gasteiger partial charge in [-0.25, -0.2) is 0 Å². The van der Waals surface area contributed by atoms with Crippen LogP contribution in [0.15, 0.2) is 12.2 Å². The molecule has 1 fully saturated rings. The Labute approximate surface area is 105 Å². The van der Waals surface area contributed by atoms with Crippen LogP contribution in [0.4, 0.5) is 0 Å². The van der Waals surface area contributed by atoms with E-state index in [0.717, 1.165) is 31.2 Å². The van der Waals surface area contributed by atoms with E-state index >= 15 is 0 Å². The maximum absolute atomic E-state index is 9.71. The molecule has 2 N–H and O–H groups in total. The maximum Gasteiger partial charge on any atom is 0.0613 e. The van der Waals surface area contributed by atoms with E-state index in [-0.39, 0.29) is 5.54 Å². The van der Waals surface area contributed by atoms with Crippen LogP contribution in [-0.2, 0) is 0 Å². The Kier molecular flexibility index (Phi) is 4.63. The molecule has 0 heterocycles. The molecule has 0 saturated heterocycles. The summed E-state index contributed by atoms with van der Waals surface area (Å²) in [6.45, 7) is 3.70. The SMILES string of the molecule is CC1CCCC(CO)(NCC2CC=CCC2)C1. The fraction of sp³-hybridized carbons (Fsp3) is 0.867. The van der Waals surface area contributed by atoms with E-state index in [2.05, 4.69) is 24.4 Å². The Hall–Kier alpha value is -0.340.